The van der Waals surface area contributed by atoms with Crippen molar-refractivity contribution in [3.8, 4) is 0 Å². The van der Waals surface area contributed by atoms with Gasteiger partial charge in [0.25, 0.3) is 12.3 Å². The average Bonchev–Trinajstić information content (AvgIpc) is 4.05. The monoisotopic (exact) mass is 812 g/mol. The first-order valence-corrected chi connectivity index (χ1v) is 20.8. The molecule has 16 nitrogen and oxygen atoms in total. The number of nitrogens with one attached hydrogen (secondary N) is 2. The van der Waals surface area contributed by atoms with Crippen molar-refractivity contribution in [1.29, 1.82) is 0 Å². The molecule has 312 valence electrons. The number of carbonyl (C=O) groups is 3. The first-order valence-electron chi connectivity index (χ1n) is 20.8. The summed E-state index contributed by atoms with van der Waals surface area (Å²) in [4.78, 5) is 63.1. The van der Waals surface area contributed by atoms with Gasteiger partial charge >= 0.3 is 5.69 Å². The second kappa shape index (κ2) is 15.8. The van der Waals surface area contributed by atoms with Crippen molar-refractivity contribution >= 4 is 51.6 Å². The largest absolute Gasteiger partial charge is 0.370 e. The Morgan fingerprint density at radius 1 is 0.983 bits per heavy atom. The molecule has 0 bridgehead atoms. The molecule has 3 amide bonds. The summed E-state index contributed by atoms with van der Waals surface area (Å²) in [6.07, 6.45) is 9.88. The third-order valence-corrected chi connectivity index (χ3v) is 13.0. The summed E-state index contributed by atoms with van der Waals surface area (Å²) in [5, 5.41) is 13.6. The number of para-hydroxylation sites is 1. The standard InChI is InChI=1S/C41H50F2N12O4/c1-49(26-14-19-51(20-15-26)30-6-5-7-31-36(30)50(2)41(59)55(31)32-12-13-34(56)47-40(32)58)23-25-8-10-27(11-9-25)54-24-29(35(48-54)37(42)43)45-39(57)28-22-44-53-21-16-33(46-38(28)53)52-17-3-4-18-52/h5-7,16,21-22,24-27,32,37H,3-4,8-15,17-20,23H2,1-2H3,(H,45,57)(H,47,56,58). The Morgan fingerprint density at radius 2 is 1.75 bits per heavy atom. The zero-order chi connectivity index (χ0) is 40.9. The summed E-state index contributed by atoms with van der Waals surface area (Å²) in [5.41, 5.74) is 2.29. The predicted octanol–water partition coefficient (Wildman–Crippen LogP) is 4.68. The summed E-state index contributed by atoms with van der Waals surface area (Å²) < 4.78 is 34.8. The first-order chi connectivity index (χ1) is 28.5. The molecule has 0 spiro atoms. The smallest absolute Gasteiger partial charge is 0.329 e. The molecule has 1 unspecified atom stereocenters. The Morgan fingerprint density at radius 3 is 2.47 bits per heavy atom. The molecule has 1 aromatic carbocycles. The van der Waals surface area contributed by atoms with Crippen molar-refractivity contribution in [2.45, 2.75) is 88.8 Å². The molecule has 4 fully saturated rings. The molecule has 3 aliphatic heterocycles. The van der Waals surface area contributed by atoms with Crippen LogP contribution in [0.15, 0.2) is 47.7 Å². The highest BCUT2D eigenvalue weighted by Gasteiger charge is 2.34. The van der Waals surface area contributed by atoms with E-state index in [2.05, 4.69) is 47.6 Å². The third-order valence-electron chi connectivity index (χ3n) is 13.0. The van der Waals surface area contributed by atoms with E-state index in [0.29, 0.717) is 29.5 Å². The number of benzene rings is 1. The van der Waals surface area contributed by atoms with Crippen molar-refractivity contribution in [2.75, 3.05) is 54.9 Å². The highest BCUT2D eigenvalue weighted by atomic mass is 19.3. The van der Waals surface area contributed by atoms with E-state index < -0.39 is 30.0 Å². The Hall–Kier alpha value is -5.65. The third kappa shape index (κ3) is 7.35. The van der Waals surface area contributed by atoms with Crippen LogP contribution in [0.4, 0.5) is 26.0 Å². The van der Waals surface area contributed by atoms with Gasteiger partial charge in [0.15, 0.2) is 11.3 Å². The number of anilines is 3. The molecule has 1 aliphatic carbocycles. The van der Waals surface area contributed by atoms with Crippen molar-refractivity contribution in [3.63, 3.8) is 0 Å². The number of imidazole rings is 1. The summed E-state index contributed by atoms with van der Waals surface area (Å²) in [6, 6.07) is 7.30. The molecule has 18 heteroatoms. The quantitative estimate of drug-likeness (QED) is 0.190. The zero-order valence-electron chi connectivity index (χ0n) is 33.4. The van der Waals surface area contributed by atoms with Crippen LogP contribution in [0.3, 0.4) is 0 Å². The van der Waals surface area contributed by atoms with Crippen LogP contribution in [-0.4, -0.2) is 102 Å². The number of halogens is 2. The van der Waals surface area contributed by atoms with E-state index in [-0.39, 0.29) is 35.3 Å². The topological polar surface area (TPSA) is 160 Å². The average molecular weight is 813 g/mol. The van der Waals surface area contributed by atoms with Crippen LogP contribution < -0.4 is 26.1 Å². The number of hydrogen-bond acceptors (Lipinski definition) is 10. The lowest BCUT2D eigenvalue weighted by molar-refractivity contribution is -0.135. The molecule has 1 atom stereocenters. The lowest BCUT2D eigenvalue weighted by atomic mass is 9.85. The first kappa shape index (κ1) is 38.8. The molecule has 4 aromatic heterocycles. The van der Waals surface area contributed by atoms with Gasteiger partial charge < -0.3 is 20.0 Å². The lowest BCUT2D eigenvalue weighted by Crippen LogP contribution is -2.45. The van der Waals surface area contributed by atoms with E-state index >= 15 is 0 Å². The van der Waals surface area contributed by atoms with Crippen LogP contribution in [0.25, 0.3) is 16.7 Å². The predicted molar refractivity (Wildman–Crippen MR) is 217 cm³/mol. The molecular weight excluding hydrogens is 763 g/mol. The Labute approximate surface area is 339 Å². The molecule has 3 saturated heterocycles. The molecule has 0 radical (unpaired) electrons. The van der Waals surface area contributed by atoms with Crippen molar-refractivity contribution in [1.82, 2.24) is 43.7 Å². The zero-order valence-corrected chi connectivity index (χ0v) is 33.4. The van der Waals surface area contributed by atoms with Crippen LogP contribution in [0, 0.1) is 5.92 Å². The minimum Gasteiger partial charge on any atom is -0.370 e. The van der Waals surface area contributed by atoms with Crippen LogP contribution in [0.1, 0.15) is 98.8 Å². The van der Waals surface area contributed by atoms with Crippen molar-refractivity contribution in [2.24, 2.45) is 13.0 Å². The molecule has 4 aliphatic rings. The summed E-state index contributed by atoms with van der Waals surface area (Å²) in [5.74, 6) is -0.0946. The van der Waals surface area contributed by atoms with E-state index in [4.69, 9.17) is 0 Å². The lowest BCUT2D eigenvalue weighted by Gasteiger charge is -2.40. The Bertz CT molecular complexity index is 2450. The van der Waals surface area contributed by atoms with Gasteiger partial charge in [0.05, 0.1) is 34.6 Å². The van der Waals surface area contributed by atoms with Gasteiger partial charge in [-0.1, -0.05) is 6.07 Å². The molecule has 7 heterocycles. The van der Waals surface area contributed by atoms with E-state index in [1.165, 1.54) is 15.3 Å². The van der Waals surface area contributed by atoms with Gasteiger partial charge in [0.2, 0.25) is 11.8 Å². The van der Waals surface area contributed by atoms with Gasteiger partial charge in [0.1, 0.15) is 17.4 Å². The molecule has 2 N–H and O–H groups in total. The van der Waals surface area contributed by atoms with Crippen molar-refractivity contribution in [3.05, 3.63) is 64.6 Å². The van der Waals surface area contributed by atoms with E-state index in [1.54, 1.807) is 28.7 Å². The second-order valence-corrected chi connectivity index (χ2v) is 16.6. The summed E-state index contributed by atoms with van der Waals surface area (Å²) in [7, 11) is 3.92. The molecule has 9 rings (SSSR count). The maximum absolute atomic E-state index is 14.3. The van der Waals surface area contributed by atoms with E-state index in [1.807, 2.05) is 24.3 Å². The minimum absolute atomic E-state index is 0.00131. The van der Waals surface area contributed by atoms with Crippen LogP contribution in [-0.2, 0) is 16.6 Å². The molecule has 5 aromatic rings. The van der Waals surface area contributed by atoms with Gasteiger partial charge in [0, 0.05) is 64.6 Å². The van der Waals surface area contributed by atoms with Gasteiger partial charge in [-0.2, -0.15) is 10.2 Å². The molecule has 1 saturated carbocycles. The minimum atomic E-state index is -2.86. The Balaban J connectivity index is 0.802. The normalized spacial score (nSPS) is 22.0. The van der Waals surface area contributed by atoms with Gasteiger partial charge in [-0.15, -0.1) is 0 Å². The number of aryl methyl sites for hydroxylation is 1. The van der Waals surface area contributed by atoms with Gasteiger partial charge in [-0.25, -0.2) is 23.1 Å². The number of imide groups is 1. The van der Waals surface area contributed by atoms with Crippen LogP contribution in [0.2, 0.25) is 0 Å². The van der Waals surface area contributed by atoms with Crippen LogP contribution >= 0.6 is 0 Å². The molecular formula is C41H50F2N12O4. The number of piperidine rings is 2. The highest BCUT2D eigenvalue weighted by molar-refractivity contribution is 6.08. The second-order valence-electron chi connectivity index (χ2n) is 16.6. The Kier molecular flexibility index (Phi) is 10.4. The maximum Gasteiger partial charge on any atom is 0.329 e. The summed E-state index contributed by atoms with van der Waals surface area (Å²) in [6.45, 7) is 4.36. The SMILES string of the molecule is CN(CC1CCC(n2cc(NC(=O)c3cnn4ccc(N5CCCC5)nc34)c(C(F)F)n2)CC1)C1CCN(c2cccc3c2n(C)c(=O)n3C2CCC(=O)NC2=O)CC1. The van der Waals surface area contributed by atoms with E-state index in [9.17, 15) is 28.0 Å². The number of rotatable bonds is 10. The fourth-order valence-corrected chi connectivity index (χ4v) is 9.78. The number of alkyl halides is 2. The fourth-order valence-electron chi connectivity index (χ4n) is 9.78. The van der Waals surface area contributed by atoms with Gasteiger partial charge in [-0.05, 0) is 89.0 Å². The highest BCUT2D eigenvalue weighted by Crippen LogP contribution is 2.37. The number of aromatic nitrogens is 7. The van der Waals surface area contributed by atoms with Crippen molar-refractivity contribution < 1.29 is 23.2 Å². The fraction of sp³-hybridized carbons (Fsp3) is 0.537. The number of amides is 3. The number of fused-ring (bicyclic) bond motifs is 2. The molecule has 59 heavy (non-hydrogen) atoms. The number of hydrogen-bond donors (Lipinski definition) is 2. The number of nitrogens with zero attached hydrogens (tertiary/aromatic N) is 10. The van der Waals surface area contributed by atoms with Crippen LogP contribution in [0.5, 0.6) is 0 Å². The van der Waals surface area contributed by atoms with E-state index in [0.717, 1.165) is 101 Å². The maximum atomic E-state index is 14.3. The summed E-state index contributed by atoms with van der Waals surface area (Å²) >= 11 is 0. The number of carbonyl (C=O) groups excluding carboxylic acids is 3. The van der Waals surface area contributed by atoms with Gasteiger partial charge in [-0.3, -0.25) is 33.5 Å².